The van der Waals surface area contributed by atoms with Crippen molar-refractivity contribution in [2.45, 2.75) is 26.4 Å². The molecule has 0 aliphatic carbocycles. The number of fused-ring (bicyclic) bond motifs is 2. The van der Waals surface area contributed by atoms with Gasteiger partial charge in [-0.3, -0.25) is 14.2 Å². The van der Waals surface area contributed by atoms with Gasteiger partial charge in [-0.15, -0.1) is 11.3 Å². The molecule has 4 aromatic rings. The van der Waals surface area contributed by atoms with Gasteiger partial charge in [-0.1, -0.05) is 50.2 Å². The molecule has 7 nitrogen and oxygen atoms in total. The molecule has 2 aromatic heterocycles. The lowest BCUT2D eigenvalue weighted by Gasteiger charge is -2.25. The number of carbonyl (C=O) groups is 1. The number of hydrogen-bond donors (Lipinski definition) is 1. The summed E-state index contributed by atoms with van der Waals surface area (Å²) in [6.07, 6.45) is 1.45. The Morgan fingerprint density at radius 3 is 2.62 bits per heavy atom. The lowest BCUT2D eigenvalue weighted by atomic mass is 9.95. The number of ether oxygens (including phenoxy) is 2. The Hall–Kier alpha value is -3.65. The minimum Gasteiger partial charge on any atom is -0.486 e. The van der Waals surface area contributed by atoms with Crippen LogP contribution in [0.2, 0.25) is 0 Å². The van der Waals surface area contributed by atoms with Crippen LogP contribution in [0.15, 0.2) is 65.7 Å². The zero-order chi connectivity index (χ0) is 23.7. The van der Waals surface area contributed by atoms with Crippen LogP contribution in [-0.2, 0) is 11.3 Å². The molecule has 1 N–H and O–H groups in total. The number of carbonyl (C=O) groups excluding carboxylic acids is 1. The Balaban J connectivity index is 1.36. The van der Waals surface area contributed by atoms with Crippen LogP contribution in [0.5, 0.6) is 11.5 Å². The predicted octanol–water partition coefficient (Wildman–Crippen LogP) is 4.41. The Morgan fingerprint density at radius 1 is 1.09 bits per heavy atom. The van der Waals surface area contributed by atoms with E-state index < -0.39 is 0 Å². The Kier molecular flexibility index (Phi) is 6.06. The Labute approximate surface area is 201 Å². The molecule has 0 spiro atoms. The largest absolute Gasteiger partial charge is 0.486 e. The fourth-order valence-corrected chi connectivity index (χ4v) is 5.07. The molecule has 0 fully saturated rings. The first-order valence-electron chi connectivity index (χ1n) is 11.2. The molecule has 174 valence electrons. The highest BCUT2D eigenvalue weighted by Gasteiger charge is 2.22. The molecule has 1 aliphatic rings. The second kappa shape index (κ2) is 9.30. The van der Waals surface area contributed by atoms with Gasteiger partial charge in [0.2, 0.25) is 5.91 Å². The van der Waals surface area contributed by atoms with Crippen LogP contribution in [-0.4, -0.2) is 28.7 Å². The summed E-state index contributed by atoms with van der Waals surface area (Å²) in [5, 5.41) is 3.59. The molecule has 5 rings (SSSR count). The smallest absolute Gasteiger partial charge is 0.262 e. The first-order valence-corrected chi connectivity index (χ1v) is 12.0. The average Bonchev–Trinajstić information content (AvgIpc) is 3.30. The maximum Gasteiger partial charge on any atom is 0.262 e. The minimum atomic E-state index is -0.254. The van der Waals surface area contributed by atoms with E-state index in [9.17, 15) is 9.59 Å². The van der Waals surface area contributed by atoms with Crippen LogP contribution in [0.4, 0.5) is 0 Å². The maximum absolute atomic E-state index is 13.1. The molecule has 0 bridgehead atoms. The zero-order valence-corrected chi connectivity index (χ0v) is 19.8. The fourth-order valence-electron chi connectivity index (χ4n) is 4.08. The van der Waals surface area contributed by atoms with Crippen LogP contribution < -0.4 is 20.3 Å². The van der Waals surface area contributed by atoms with Crippen molar-refractivity contribution < 1.29 is 14.3 Å². The SMILES string of the molecule is CC(C)C(NC(=O)Cn1cnc2sc(-c3ccccc3)cc2c1=O)c1ccc2c(c1)OCCO2. The van der Waals surface area contributed by atoms with Crippen molar-refractivity contribution >= 4 is 27.5 Å². The molecule has 0 radical (unpaired) electrons. The molecule has 0 saturated heterocycles. The van der Waals surface area contributed by atoms with Gasteiger partial charge in [0.25, 0.3) is 5.56 Å². The van der Waals surface area contributed by atoms with Crippen molar-refractivity contribution in [3.8, 4) is 21.9 Å². The average molecular weight is 476 g/mol. The molecular weight excluding hydrogens is 450 g/mol. The van der Waals surface area contributed by atoms with Gasteiger partial charge >= 0.3 is 0 Å². The summed E-state index contributed by atoms with van der Waals surface area (Å²) < 4.78 is 12.7. The molecular formula is C26H25N3O4S. The van der Waals surface area contributed by atoms with Crippen LogP contribution in [0, 0.1) is 5.92 Å². The van der Waals surface area contributed by atoms with Gasteiger partial charge in [0.15, 0.2) is 11.5 Å². The summed E-state index contributed by atoms with van der Waals surface area (Å²) in [4.78, 5) is 32.1. The predicted molar refractivity (Wildman–Crippen MR) is 132 cm³/mol. The molecule has 8 heteroatoms. The molecule has 2 aromatic carbocycles. The number of amides is 1. The molecule has 0 saturated carbocycles. The van der Waals surface area contributed by atoms with E-state index in [0.29, 0.717) is 34.9 Å². The van der Waals surface area contributed by atoms with Gasteiger partial charge in [0.05, 0.1) is 17.8 Å². The third kappa shape index (κ3) is 4.41. The van der Waals surface area contributed by atoms with E-state index in [2.05, 4.69) is 10.3 Å². The van der Waals surface area contributed by atoms with E-state index in [1.54, 1.807) is 0 Å². The molecule has 1 atom stereocenters. The van der Waals surface area contributed by atoms with Crippen LogP contribution in [0.25, 0.3) is 20.7 Å². The van der Waals surface area contributed by atoms with Crippen molar-refractivity contribution in [3.05, 3.63) is 76.8 Å². The number of aromatic nitrogens is 2. The molecule has 34 heavy (non-hydrogen) atoms. The summed E-state index contributed by atoms with van der Waals surface area (Å²) in [5.74, 6) is 1.27. The van der Waals surface area contributed by atoms with Gasteiger partial charge in [-0.2, -0.15) is 0 Å². The molecule has 1 unspecified atom stereocenters. The van der Waals surface area contributed by atoms with Crippen molar-refractivity contribution in [2.24, 2.45) is 5.92 Å². The van der Waals surface area contributed by atoms with E-state index in [1.807, 2.05) is 68.4 Å². The number of nitrogens with one attached hydrogen (secondary N) is 1. The normalized spacial score (nSPS) is 13.7. The van der Waals surface area contributed by atoms with E-state index in [1.165, 1.54) is 22.2 Å². The summed E-state index contributed by atoms with van der Waals surface area (Å²) in [7, 11) is 0. The van der Waals surface area contributed by atoms with E-state index in [4.69, 9.17) is 9.47 Å². The molecule has 1 aliphatic heterocycles. The quantitative estimate of drug-likeness (QED) is 0.447. The van der Waals surface area contributed by atoms with Crippen LogP contribution in [0.3, 0.4) is 0 Å². The fraction of sp³-hybridized carbons (Fsp3) is 0.269. The topological polar surface area (TPSA) is 82.5 Å². The van der Waals surface area contributed by atoms with Crippen molar-refractivity contribution in [1.29, 1.82) is 0 Å². The van der Waals surface area contributed by atoms with Crippen molar-refractivity contribution in [2.75, 3.05) is 13.2 Å². The third-order valence-electron chi connectivity index (χ3n) is 5.80. The second-order valence-electron chi connectivity index (χ2n) is 8.57. The maximum atomic E-state index is 13.1. The minimum absolute atomic E-state index is 0.105. The van der Waals surface area contributed by atoms with E-state index >= 15 is 0 Å². The lowest BCUT2D eigenvalue weighted by Crippen LogP contribution is -2.36. The number of thiophene rings is 1. The summed E-state index contributed by atoms with van der Waals surface area (Å²) in [6, 6.07) is 17.2. The number of nitrogens with zero attached hydrogens (tertiary/aromatic N) is 2. The van der Waals surface area contributed by atoms with E-state index in [-0.39, 0.29) is 30.0 Å². The number of hydrogen-bond acceptors (Lipinski definition) is 6. The van der Waals surface area contributed by atoms with Gasteiger partial charge in [0.1, 0.15) is 24.6 Å². The Bertz CT molecular complexity index is 1390. The molecule has 3 heterocycles. The summed E-state index contributed by atoms with van der Waals surface area (Å²) in [5.41, 5.74) is 1.74. The highest BCUT2D eigenvalue weighted by atomic mass is 32.1. The van der Waals surface area contributed by atoms with Crippen LogP contribution in [0.1, 0.15) is 25.5 Å². The highest BCUT2D eigenvalue weighted by Crippen LogP contribution is 2.34. The van der Waals surface area contributed by atoms with Gasteiger partial charge in [0, 0.05) is 4.88 Å². The zero-order valence-electron chi connectivity index (χ0n) is 19.0. The first-order chi connectivity index (χ1) is 16.5. The summed E-state index contributed by atoms with van der Waals surface area (Å²) >= 11 is 1.47. The standard InChI is InChI=1S/C26H25N3O4S/c1-16(2)24(18-8-9-20-21(12-18)33-11-10-32-20)28-23(30)14-29-15-27-25-19(26(29)31)13-22(34-25)17-6-4-3-5-7-17/h3-9,12-13,15-16,24H,10-11,14H2,1-2H3,(H,28,30). The van der Waals surface area contributed by atoms with Crippen molar-refractivity contribution in [1.82, 2.24) is 14.9 Å². The van der Waals surface area contributed by atoms with Gasteiger partial charge < -0.3 is 14.8 Å². The Morgan fingerprint density at radius 2 is 1.85 bits per heavy atom. The highest BCUT2D eigenvalue weighted by molar-refractivity contribution is 7.21. The third-order valence-corrected chi connectivity index (χ3v) is 6.89. The van der Waals surface area contributed by atoms with Gasteiger partial charge in [-0.25, -0.2) is 4.98 Å². The summed E-state index contributed by atoms with van der Waals surface area (Å²) in [6.45, 7) is 5.00. The number of rotatable bonds is 6. The number of benzene rings is 2. The first kappa shape index (κ1) is 22.2. The van der Waals surface area contributed by atoms with Gasteiger partial charge in [-0.05, 0) is 35.2 Å². The molecule has 1 amide bonds. The monoisotopic (exact) mass is 475 g/mol. The van der Waals surface area contributed by atoms with Crippen LogP contribution >= 0.6 is 11.3 Å². The van der Waals surface area contributed by atoms with E-state index in [0.717, 1.165) is 16.0 Å². The lowest BCUT2D eigenvalue weighted by molar-refractivity contribution is -0.122. The van der Waals surface area contributed by atoms with Crippen molar-refractivity contribution in [3.63, 3.8) is 0 Å². The second-order valence-corrected chi connectivity index (χ2v) is 9.60.